The van der Waals surface area contributed by atoms with E-state index in [2.05, 4.69) is 31.4 Å². The Morgan fingerprint density at radius 1 is 1.00 bits per heavy atom. The molecule has 3 rings (SSSR count). The van der Waals surface area contributed by atoms with Crippen molar-refractivity contribution in [2.45, 2.75) is 26.2 Å². The van der Waals surface area contributed by atoms with Crippen molar-refractivity contribution in [1.82, 2.24) is 0 Å². The van der Waals surface area contributed by atoms with Crippen LogP contribution in [0.5, 0.6) is 11.5 Å². The summed E-state index contributed by atoms with van der Waals surface area (Å²) in [6.45, 7) is 6.31. The third kappa shape index (κ3) is 6.08. The highest BCUT2D eigenvalue weighted by Gasteiger charge is 2.14. The van der Waals surface area contributed by atoms with Gasteiger partial charge in [-0.3, -0.25) is 9.59 Å². The van der Waals surface area contributed by atoms with Crippen LogP contribution in [-0.2, 0) is 10.2 Å². The number of benzene rings is 2. The zero-order valence-corrected chi connectivity index (χ0v) is 18.8. The van der Waals surface area contributed by atoms with Gasteiger partial charge in [0.2, 0.25) is 0 Å². The lowest BCUT2D eigenvalue weighted by atomic mass is 9.87. The van der Waals surface area contributed by atoms with Crippen molar-refractivity contribution in [3.8, 4) is 11.5 Å². The minimum absolute atomic E-state index is 0.0599. The zero-order valence-electron chi connectivity index (χ0n) is 18.0. The summed E-state index contributed by atoms with van der Waals surface area (Å²) in [6.07, 6.45) is 0. The Kier molecular flexibility index (Phi) is 6.97. The monoisotopic (exact) mass is 438 g/mol. The van der Waals surface area contributed by atoms with Crippen molar-refractivity contribution in [3.05, 3.63) is 70.4 Å². The summed E-state index contributed by atoms with van der Waals surface area (Å²) in [5.41, 5.74) is 2.32. The van der Waals surface area contributed by atoms with Crippen molar-refractivity contribution in [3.63, 3.8) is 0 Å². The van der Waals surface area contributed by atoms with Crippen molar-refractivity contribution in [2.75, 3.05) is 24.4 Å². The van der Waals surface area contributed by atoms with Gasteiger partial charge in [-0.05, 0) is 46.7 Å². The first kappa shape index (κ1) is 22.4. The molecule has 2 amide bonds. The molecule has 6 nitrogen and oxygen atoms in total. The largest absolute Gasteiger partial charge is 0.494 e. The third-order valence-corrected chi connectivity index (χ3v) is 5.44. The molecule has 31 heavy (non-hydrogen) atoms. The number of hydrogen-bond donors (Lipinski definition) is 2. The lowest BCUT2D eigenvalue weighted by molar-refractivity contribution is -0.118. The summed E-state index contributed by atoms with van der Waals surface area (Å²) in [5, 5.41) is 7.43. The fourth-order valence-electron chi connectivity index (χ4n) is 2.86. The first-order valence-corrected chi connectivity index (χ1v) is 10.7. The molecule has 0 aliphatic carbocycles. The molecule has 7 heteroatoms. The van der Waals surface area contributed by atoms with Gasteiger partial charge in [0, 0.05) is 11.8 Å². The number of methoxy groups -OCH3 is 1. The lowest BCUT2D eigenvalue weighted by Gasteiger charge is -2.19. The number of rotatable bonds is 7. The van der Waals surface area contributed by atoms with E-state index in [1.807, 2.05) is 35.7 Å². The molecule has 1 aromatic heterocycles. The molecule has 2 N–H and O–H groups in total. The van der Waals surface area contributed by atoms with E-state index in [-0.39, 0.29) is 23.8 Å². The zero-order chi connectivity index (χ0) is 22.4. The van der Waals surface area contributed by atoms with E-state index in [4.69, 9.17) is 9.47 Å². The lowest BCUT2D eigenvalue weighted by Crippen LogP contribution is -2.20. The van der Waals surface area contributed by atoms with Crippen LogP contribution < -0.4 is 20.1 Å². The third-order valence-electron chi connectivity index (χ3n) is 4.57. The molecule has 0 unspecified atom stereocenters. The van der Waals surface area contributed by atoms with E-state index >= 15 is 0 Å². The van der Waals surface area contributed by atoms with Crippen molar-refractivity contribution in [2.24, 2.45) is 0 Å². The van der Waals surface area contributed by atoms with E-state index in [9.17, 15) is 9.59 Å². The highest BCUT2D eigenvalue weighted by molar-refractivity contribution is 7.12. The van der Waals surface area contributed by atoms with Crippen LogP contribution >= 0.6 is 11.3 Å². The topological polar surface area (TPSA) is 76.7 Å². The highest BCUT2D eigenvalue weighted by atomic mass is 32.1. The van der Waals surface area contributed by atoms with Crippen LogP contribution in [0.3, 0.4) is 0 Å². The number of anilines is 2. The van der Waals surface area contributed by atoms with Crippen LogP contribution in [0.1, 0.15) is 36.0 Å². The molecule has 0 bridgehead atoms. The molecule has 0 atom stereocenters. The van der Waals surface area contributed by atoms with Gasteiger partial charge in [-0.15, -0.1) is 11.3 Å². The van der Waals surface area contributed by atoms with Gasteiger partial charge >= 0.3 is 0 Å². The van der Waals surface area contributed by atoms with Crippen molar-refractivity contribution in [1.29, 1.82) is 0 Å². The van der Waals surface area contributed by atoms with Gasteiger partial charge < -0.3 is 20.1 Å². The first-order valence-electron chi connectivity index (χ1n) is 9.82. The standard InChI is InChI=1S/C24H26N2O4S/c1-24(2,3)16-7-10-18(11-8-16)30-15-22(27)25-17-9-12-19(20(14-17)29-4)26-23(28)21-6-5-13-31-21/h5-14H,15H2,1-4H3,(H,25,27)(H,26,28). The number of ether oxygens (including phenoxy) is 2. The molecule has 3 aromatic rings. The summed E-state index contributed by atoms with van der Waals surface area (Å²) in [4.78, 5) is 25.1. The van der Waals surface area contributed by atoms with Crippen LogP contribution in [0.2, 0.25) is 0 Å². The normalized spacial score (nSPS) is 11.0. The Bertz CT molecular complexity index is 1040. The van der Waals surface area contributed by atoms with Crippen LogP contribution in [0.15, 0.2) is 60.0 Å². The van der Waals surface area contributed by atoms with Gasteiger partial charge in [-0.2, -0.15) is 0 Å². The van der Waals surface area contributed by atoms with Gasteiger partial charge in [0.15, 0.2) is 6.61 Å². The summed E-state index contributed by atoms with van der Waals surface area (Å²) in [6, 6.07) is 16.3. The minimum Gasteiger partial charge on any atom is -0.494 e. The summed E-state index contributed by atoms with van der Waals surface area (Å²) in [7, 11) is 1.51. The van der Waals surface area contributed by atoms with E-state index in [0.717, 1.165) is 0 Å². The van der Waals surface area contributed by atoms with Crippen LogP contribution in [0.25, 0.3) is 0 Å². The maximum Gasteiger partial charge on any atom is 0.265 e. The Hall–Kier alpha value is -3.32. The number of carbonyl (C=O) groups excluding carboxylic acids is 2. The van der Waals surface area contributed by atoms with Gasteiger partial charge in [0.1, 0.15) is 11.5 Å². The quantitative estimate of drug-likeness (QED) is 0.523. The molecule has 0 saturated heterocycles. The van der Waals surface area contributed by atoms with Crippen LogP contribution in [-0.4, -0.2) is 25.5 Å². The highest BCUT2D eigenvalue weighted by Crippen LogP contribution is 2.29. The van der Waals surface area contributed by atoms with Crippen molar-refractivity contribution < 1.29 is 19.1 Å². The second kappa shape index (κ2) is 9.66. The van der Waals surface area contributed by atoms with E-state index in [0.29, 0.717) is 27.8 Å². The molecule has 162 valence electrons. The number of amides is 2. The fraction of sp³-hybridized carbons (Fsp3) is 0.250. The van der Waals surface area contributed by atoms with Gasteiger partial charge in [0.05, 0.1) is 17.7 Å². The van der Waals surface area contributed by atoms with Crippen LogP contribution in [0, 0.1) is 0 Å². The van der Waals surface area contributed by atoms with Crippen molar-refractivity contribution >= 4 is 34.5 Å². The predicted octanol–water partition coefficient (Wildman–Crippen LogP) is 5.32. The SMILES string of the molecule is COc1cc(NC(=O)COc2ccc(C(C)(C)C)cc2)ccc1NC(=O)c1cccs1. The molecule has 0 fully saturated rings. The molecule has 0 aliphatic heterocycles. The molecule has 0 saturated carbocycles. The Morgan fingerprint density at radius 3 is 2.35 bits per heavy atom. The summed E-state index contributed by atoms with van der Waals surface area (Å²) >= 11 is 1.36. The number of carbonyl (C=O) groups is 2. The second-order valence-corrected chi connectivity index (χ2v) is 8.91. The van der Waals surface area contributed by atoms with E-state index in [1.165, 1.54) is 24.0 Å². The summed E-state index contributed by atoms with van der Waals surface area (Å²) in [5.74, 6) is 0.571. The van der Waals surface area contributed by atoms with Gasteiger partial charge in [-0.25, -0.2) is 0 Å². The fourth-order valence-corrected chi connectivity index (χ4v) is 3.48. The Labute approximate surface area is 186 Å². The minimum atomic E-state index is -0.294. The average Bonchev–Trinajstić information content (AvgIpc) is 3.28. The Balaban J connectivity index is 1.57. The number of hydrogen-bond acceptors (Lipinski definition) is 5. The number of nitrogens with one attached hydrogen (secondary N) is 2. The maximum atomic E-state index is 12.3. The molecule has 0 radical (unpaired) electrons. The molecular formula is C24H26N2O4S. The van der Waals surface area contributed by atoms with E-state index < -0.39 is 0 Å². The van der Waals surface area contributed by atoms with E-state index in [1.54, 1.807) is 24.3 Å². The average molecular weight is 439 g/mol. The smallest absolute Gasteiger partial charge is 0.265 e. The molecule has 0 aliphatic rings. The maximum absolute atomic E-state index is 12.3. The molecular weight excluding hydrogens is 412 g/mol. The Morgan fingerprint density at radius 2 is 1.74 bits per heavy atom. The molecule has 1 heterocycles. The first-order chi connectivity index (χ1) is 14.8. The predicted molar refractivity (Wildman–Crippen MR) is 125 cm³/mol. The molecule has 2 aromatic carbocycles. The van der Waals surface area contributed by atoms with Gasteiger partial charge in [-0.1, -0.05) is 39.0 Å². The summed E-state index contributed by atoms with van der Waals surface area (Å²) < 4.78 is 10.9. The van der Waals surface area contributed by atoms with Crippen LogP contribution in [0.4, 0.5) is 11.4 Å². The van der Waals surface area contributed by atoms with Gasteiger partial charge in [0.25, 0.3) is 11.8 Å². The number of thiophene rings is 1. The molecule has 0 spiro atoms. The second-order valence-electron chi connectivity index (χ2n) is 7.96.